The summed E-state index contributed by atoms with van der Waals surface area (Å²) in [6, 6.07) is 5.98. The molecule has 9 nitrogen and oxygen atoms in total. The van der Waals surface area contributed by atoms with Gasteiger partial charge in [0.15, 0.2) is 0 Å². The molecule has 0 radical (unpaired) electrons. The second-order valence-corrected chi connectivity index (χ2v) is 6.99. The quantitative estimate of drug-likeness (QED) is 0.489. The zero-order valence-electron chi connectivity index (χ0n) is 15.3. The van der Waals surface area contributed by atoms with Crippen LogP contribution in [0.25, 0.3) is 22.3 Å². The summed E-state index contributed by atoms with van der Waals surface area (Å²) in [5.41, 5.74) is 9.14. The SMILES string of the molecule is Cn1cc(Nc2nc(OC3CC(N)C3)c3c(-c4ccccn4)c[nH]c3n2)cn1. The molecule has 0 spiro atoms. The van der Waals surface area contributed by atoms with Crippen molar-refractivity contribution in [2.75, 3.05) is 5.32 Å². The summed E-state index contributed by atoms with van der Waals surface area (Å²) in [7, 11) is 1.85. The molecule has 1 aliphatic carbocycles. The minimum absolute atomic E-state index is 0.0609. The largest absolute Gasteiger partial charge is 0.474 e. The topological polar surface area (TPSA) is 120 Å². The van der Waals surface area contributed by atoms with E-state index in [1.165, 1.54) is 0 Å². The van der Waals surface area contributed by atoms with Crippen LogP contribution in [0.2, 0.25) is 0 Å². The lowest BCUT2D eigenvalue weighted by molar-refractivity contribution is 0.0978. The highest BCUT2D eigenvalue weighted by molar-refractivity contribution is 5.97. The van der Waals surface area contributed by atoms with Crippen LogP contribution in [-0.2, 0) is 7.05 Å². The number of H-pyrrole nitrogens is 1. The molecule has 4 heterocycles. The fourth-order valence-corrected chi connectivity index (χ4v) is 3.34. The first-order valence-corrected chi connectivity index (χ1v) is 9.14. The van der Waals surface area contributed by atoms with Crippen molar-refractivity contribution in [2.45, 2.75) is 25.0 Å². The maximum absolute atomic E-state index is 6.20. The number of ether oxygens (including phenoxy) is 1. The summed E-state index contributed by atoms with van der Waals surface area (Å²) in [5, 5.41) is 8.15. The molecule has 4 aromatic heterocycles. The molecular formula is C19H20N8O. The van der Waals surface area contributed by atoms with Gasteiger partial charge in [-0.25, -0.2) is 0 Å². The fraction of sp³-hybridized carbons (Fsp3) is 0.263. The molecule has 9 heteroatoms. The highest BCUT2D eigenvalue weighted by Gasteiger charge is 2.29. The number of nitrogens with two attached hydrogens (primary N) is 1. The number of anilines is 2. The fourth-order valence-electron chi connectivity index (χ4n) is 3.34. The number of aryl methyl sites for hydroxylation is 1. The van der Waals surface area contributed by atoms with E-state index < -0.39 is 0 Å². The minimum atomic E-state index is 0.0609. The molecule has 0 atom stereocenters. The van der Waals surface area contributed by atoms with Crippen LogP contribution in [0.4, 0.5) is 11.6 Å². The third-order valence-electron chi connectivity index (χ3n) is 4.81. The summed E-state index contributed by atoms with van der Waals surface area (Å²) in [4.78, 5) is 16.9. The van der Waals surface area contributed by atoms with Gasteiger partial charge < -0.3 is 20.8 Å². The Hall–Kier alpha value is -3.46. The molecule has 4 aromatic rings. The number of nitrogens with one attached hydrogen (secondary N) is 2. The van der Waals surface area contributed by atoms with Gasteiger partial charge in [0.1, 0.15) is 11.8 Å². The Morgan fingerprint density at radius 1 is 1.29 bits per heavy atom. The van der Waals surface area contributed by atoms with Crippen molar-refractivity contribution in [2.24, 2.45) is 12.8 Å². The lowest BCUT2D eigenvalue weighted by atomic mass is 9.90. The third-order valence-corrected chi connectivity index (χ3v) is 4.81. The van der Waals surface area contributed by atoms with Crippen LogP contribution >= 0.6 is 0 Å². The van der Waals surface area contributed by atoms with E-state index in [1.54, 1.807) is 17.1 Å². The number of fused-ring (bicyclic) bond motifs is 1. The number of aromatic amines is 1. The van der Waals surface area contributed by atoms with Crippen LogP contribution in [0.1, 0.15) is 12.8 Å². The predicted molar refractivity (Wildman–Crippen MR) is 105 cm³/mol. The number of aromatic nitrogens is 6. The molecule has 0 amide bonds. The van der Waals surface area contributed by atoms with Crippen molar-refractivity contribution in [1.29, 1.82) is 0 Å². The maximum Gasteiger partial charge on any atom is 0.232 e. The van der Waals surface area contributed by atoms with Gasteiger partial charge in [-0.3, -0.25) is 9.67 Å². The van der Waals surface area contributed by atoms with Gasteiger partial charge in [0.25, 0.3) is 0 Å². The van der Waals surface area contributed by atoms with Crippen molar-refractivity contribution in [1.82, 2.24) is 29.7 Å². The molecule has 1 saturated carbocycles. The van der Waals surface area contributed by atoms with E-state index in [0.717, 1.165) is 35.2 Å². The summed E-state index contributed by atoms with van der Waals surface area (Å²) < 4.78 is 7.91. The summed E-state index contributed by atoms with van der Waals surface area (Å²) in [6.07, 6.45) is 8.92. The van der Waals surface area contributed by atoms with Gasteiger partial charge in [0, 0.05) is 37.2 Å². The average molecular weight is 376 g/mol. The number of rotatable bonds is 5. The van der Waals surface area contributed by atoms with E-state index in [2.05, 4.69) is 30.4 Å². The van der Waals surface area contributed by atoms with Gasteiger partial charge in [0.2, 0.25) is 11.8 Å². The Labute approximate surface area is 161 Å². The monoisotopic (exact) mass is 376 g/mol. The molecular weight excluding hydrogens is 356 g/mol. The van der Waals surface area contributed by atoms with Crippen molar-refractivity contribution in [3.05, 3.63) is 43.0 Å². The van der Waals surface area contributed by atoms with E-state index in [-0.39, 0.29) is 12.1 Å². The van der Waals surface area contributed by atoms with Crippen molar-refractivity contribution in [3.8, 4) is 17.1 Å². The van der Waals surface area contributed by atoms with Crippen LogP contribution in [0, 0.1) is 0 Å². The van der Waals surface area contributed by atoms with E-state index >= 15 is 0 Å². The highest BCUT2D eigenvalue weighted by Crippen LogP contribution is 2.36. The first-order valence-electron chi connectivity index (χ1n) is 9.14. The second kappa shape index (κ2) is 6.61. The standard InChI is InChI=1S/C19H20N8O/c1-27-10-12(8-23-27)24-19-25-17-16(18(26-19)28-13-6-11(20)7-13)14(9-22-17)15-4-2-3-5-21-15/h2-5,8-11,13H,6-7,20H2,1H3,(H2,22,24,25,26). The van der Waals surface area contributed by atoms with Crippen LogP contribution in [0.15, 0.2) is 43.0 Å². The molecule has 142 valence electrons. The van der Waals surface area contributed by atoms with Gasteiger partial charge in [-0.1, -0.05) is 6.07 Å². The minimum Gasteiger partial charge on any atom is -0.474 e. The van der Waals surface area contributed by atoms with E-state index in [9.17, 15) is 0 Å². The first-order chi connectivity index (χ1) is 13.7. The highest BCUT2D eigenvalue weighted by atomic mass is 16.5. The van der Waals surface area contributed by atoms with Gasteiger partial charge in [0.05, 0.1) is 23.0 Å². The Kier molecular flexibility index (Phi) is 3.94. The lowest BCUT2D eigenvalue weighted by Gasteiger charge is -2.32. The molecule has 5 rings (SSSR count). The third kappa shape index (κ3) is 3.05. The molecule has 0 aromatic carbocycles. The Morgan fingerprint density at radius 3 is 2.89 bits per heavy atom. The molecule has 0 bridgehead atoms. The van der Waals surface area contributed by atoms with Crippen LogP contribution in [0.5, 0.6) is 5.88 Å². The van der Waals surface area contributed by atoms with Crippen LogP contribution in [-0.4, -0.2) is 41.9 Å². The Bertz CT molecular complexity index is 1110. The van der Waals surface area contributed by atoms with Crippen molar-refractivity contribution < 1.29 is 4.74 Å². The van der Waals surface area contributed by atoms with Gasteiger partial charge >= 0.3 is 0 Å². The molecule has 0 aliphatic heterocycles. The molecule has 1 fully saturated rings. The van der Waals surface area contributed by atoms with Crippen LogP contribution < -0.4 is 15.8 Å². The smallest absolute Gasteiger partial charge is 0.232 e. The maximum atomic E-state index is 6.20. The molecule has 0 unspecified atom stereocenters. The summed E-state index contributed by atoms with van der Waals surface area (Å²) in [6.45, 7) is 0. The van der Waals surface area contributed by atoms with Crippen molar-refractivity contribution >= 4 is 22.7 Å². The van der Waals surface area contributed by atoms with Gasteiger partial charge in [-0.15, -0.1) is 0 Å². The average Bonchev–Trinajstić information content (AvgIpc) is 3.27. The second-order valence-electron chi connectivity index (χ2n) is 6.99. The summed E-state index contributed by atoms with van der Waals surface area (Å²) >= 11 is 0. The van der Waals surface area contributed by atoms with E-state index in [1.807, 2.05) is 37.6 Å². The van der Waals surface area contributed by atoms with Crippen molar-refractivity contribution in [3.63, 3.8) is 0 Å². The normalized spacial score (nSPS) is 18.8. The van der Waals surface area contributed by atoms with Gasteiger partial charge in [-0.05, 0) is 25.0 Å². The number of hydrogen-bond acceptors (Lipinski definition) is 7. The number of hydrogen-bond donors (Lipinski definition) is 3. The number of pyridine rings is 1. The zero-order valence-corrected chi connectivity index (χ0v) is 15.3. The van der Waals surface area contributed by atoms with Gasteiger partial charge in [-0.2, -0.15) is 15.1 Å². The van der Waals surface area contributed by atoms with E-state index in [4.69, 9.17) is 10.5 Å². The summed E-state index contributed by atoms with van der Waals surface area (Å²) in [5.74, 6) is 0.962. The zero-order chi connectivity index (χ0) is 19.1. The number of nitrogens with zero attached hydrogens (tertiary/aromatic N) is 5. The Morgan fingerprint density at radius 2 is 2.18 bits per heavy atom. The lowest BCUT2D eigenvalue weighted by Crippen LogP contribution is -2.43. The molecule has 28 heavy (non-hydrogen) atoms. The Balaban J connectivity index is 1.58. The van der Waals surface area contributed by atoms with Crippen LogP contribution in [0.3, 0.4) is 0 Å². The van der Waals surface area contributed by atoms with E-state index in [0.29, 0.717) is 17.5 Å². The molecule has 1 aliphatic rings. The first kappa shape index (κ1) is 16.7. The molecule has 0 saturated heterocycles. The predicted octanol–water partition coefficient (Wildman–Crippen LogP) is 2.37. The molecule has 4 N–H and O–H groups in total.